The summed E-state index contributed by atoms with van der Waals surface area (Å²) in [5.74, 6) is 0. The molecule has 0 saturated carbocycles. The zero-order valence-corrected chi connectivity index (χ0v) is 14.4. The van der Waals surface area contributed by atoms with E-state index < -0.39 is 33.5 Å². The SMILES string of the molecule is Cc1ccc(S(=O)(=O)Nc2ccc(C(O)(C(F)(F)F)C(F)(F)F)cc2)cc1. The molecule has 0 unspecified atom stereocenters. The van der Waals surface area contributed by atoms with Crippen molar-refractivity contribution < 1.29 is 39.9 Å². The molecular formula is C16H13F6NO3S. The Bertz CT molecular complexity index is 889. The van der Waals surface area contributed by atoms with Gasteiger partial charge >= 0.3 is 12.4 Å². The number of aliphatic hydroxyl groups is 1. The average molecular weight is 413 g/mol. The smallest absolute Gasteiger partial charge is 0.369 e. The average Bonchev–Trinajstić information content (AvgIpc) is 2.52. The summed E-state index contributed by atoms with van der Waals surface area (Å²) in [4.78, 5) is -0.140. The molecule has 2 aromatic carbocycles. The lowest BCUT2D eigenvalue weighted by Gasteiger charge is -2.32. The quantitative estimate of drug-likeness (QED) is 0.742. The van der Waals surface area contributed by atoms with Crippen molar-refractivity contribution >= 4 is 15.7 Å². The normalized spacial score (nSPS) is 13.5. The lowest BCUT2D eigenvalue weighted by molar-refractivity contribution is -0.376. The molecule has 0 aliphatic heterocycles. The largest absolute Gasteiger partial charge is 0.430 e. The number of anilines is 1. The van der Waals surface area contributed by atoms with E-state index in [1.165, 1.54) is 24.3 Å². The topological polar surface area (TPSA) is 66.4 Å². The van der Waals surface area contributed by atoms with E-state index >= 15 is 0 Å². The third kappa shape index (κ3) is 4.03. The first kappa shape index (κ1) is 21.0. The second-order valence-electron chi connectivity index (χ2n) is 5.70. The Labute approximate surface area is 150 Å². The number of alkyl halides is 6. The Balaban J connectivity index is 2.36. The zero-order chi connectivity index (χ0) is 20.7. The molecule has 0 aromatic heterocycles. The first-order valence-electron chi connectivity index (χ1n) is 7.24. The molecule has 2 N–H and O–H groups in total. The molecule has 0 aliphatic carbocycles. The maximum atomic E-state index is 12.8. The third-order valence-corrected chi connectivity index (χ3v) is 5.10. The van der Waals surface area contributed by atoms with Crippen molar-refractivity contribution in [1.82, 2.24) is 0 Å². The highest BCUT2D eigenvalue weighted by molar-refractivity contribution is 7.92. The van der Waals surface area contributed by atoms with E-state index in [2.05, 4.69) is 0 Å². The lowest BCUT2D eigenvalue weighted by atomic mass is 9.92. The van der Waals surface area contributed by atoms with Gasteiger partial charge in [0.15, 0.2) is 0 Å². The van der Waals surface area contributed by atoms with Crippen LogP contribution in [0.25, 0.3) is 0 Å². The van der Waals surface area contributed by atoms with Crippen LogP contribution >= 0.6 is 0 Å². The number of rotatable bonds is 4. The monoisotopic (exact) mass is 413 g/mol. The summed E-state index contributed by atoms with van der Waals surface area (Å²) in [5, 5.41) is 9.29. The Hall–Kier alpha value is -2.27. The van der Waals surface area contributed by atoms with Crippen LogP contribution in [0.4, 0.5) is 32.0 Å². The van der Waals surface area contributed by atoms with Crippen LogP contribution in [0.5, 0.6) is 0 Å². The number of benzene rings is 2. The molecule has 11 heteroatoms. The van der Waals surface area contributed by atoms with E-state index in [9.17, 15) is 39.9 Å². The van der Waals surface area contributed by atoms with Gasteiger partial charge in [-0.2, -0.15) is 26.3 Å². The van der Waals surface area contributed by atoms with Crippen LogP contribution in [-0.4, -0.2) is 25.9 Å². The highest BCUT2D eigenvalue weighted by Gasteiger charge is 2.71. The Morgan fingerprint density at radius 3 is 1.67 bits per heavy atom. The van der Waals surface area contributed by atoms with Crippen LogP contribution in [0.3, 0.4) is 0 Å². The predicted octanol–water partition coefficient (Wildman–Crippen LogP) is 4.11. The van der Waals surface area contributed by atoms with Crippen LogP contribution in [0, 0.1) is 6.92 Å². The minimum absolute atomic E-state index is 0.140. The fraction of sp³-hybridized carbons (Fsp3) is 0.250. The molecule has 0 amide bonds. The molecule has 148 valence electrons. The maximum absolute atomic E-state index is 12.8. The fourth-order valence-electron chi connectivity index (χ4n) is 2.20. The van der Waals surface area contributed by atoms with Crippen molar-refractivity contribution in [3.8, 4) is 0 Å². The summed E-state index contributed by atoms with van der Waals surface area (Å²) >= 11 is 0. The van der Waals surface area contributed by atoms with E-state index in [4.69, 9.17) is 0 Å². The summed E-state index contributed by atoms with van der Waals surface area (Å²) in [6.45, 7) is 1.73. The van der Waals surface area contributed by atoms with Gasteiger partial charge in [-0.1, -0.05) is 29.8 Å². The second kappa shape index (κ2) is 6.71. The molecule has 0 fully saturated rings. The maximum Gasteiger partial charge on any atom is 0.430 e. The van der Waals surface area contributed by atoms with E-state index in [1.54, 1.807) is 6.92 Å². The molecule has 2 aromatic rings. The zero-order valence-electron chi connectivity index (χ0n) is 13.6. The minimum Gasteiger partial charge on any atom is -0.369 e. The lowest BCUT2D eigenvalue weighted by Crippen LogP contribution is -2.53. The van der Waals surface area contributed by atoms with Crippen molar-refractivity contribution in [3.05, 3.63) is 59.7 Å². The standard InChI is InChI=1S/C16H13F6NO3S/c1-10-2-8-13(9-3-10)27(25,26)23-12-6-4-11(5-7-12)14(24,15(17,18)19)16(20,21)22/h2-9,23-24H,1H3. The first-order valence-corrected chi connectivity index (χ1v) is 8.72. The number of hydrogen-bond acceptors (Lipinski definition) is 3. The van der Waals surface area contributed by atoms with Gasteiger partial charge in [-0.05, 0) is 31.2 Å². The van der Waals surface area contributed by atoms with Crippen molar-refractivity contribution in [2.24, 2.45) is 0 Å². The van der Waals surface area contributed by atoms with Gasteiger partial charge in [-0.25, -0.2) is 8.42 Å². The van der Waals surface area contributed by atoms with Gasteiger partial charge in [0.1, 0.15) is 0 Å². The van der Waals surface area contributed by atoms with E-state index in [-0.39, 0.29) is 10.6 Å². The van der Waals surface area contributed by atoms with Gasteiger partial charge in [0.25, 0.3) is 15.6 Å². The summed E-state index contributed by atoms with van der Waals surface area (Å²) in [7, 11) is -4.09. The van der Waals surface area contributed by atoms with E-state index in [0.29, 0.717) is 24.3 Å². The number of hydrogen-bond donors (Lipinski definition) is 2. The van der Waals surface area contributed by atoms with Crippen molar-refractivity contribution in [1.29, 1.82) is 0 Å². The Morgan fingerprint density at radius 2 is 1.26 bits per heavy atom. The number of nitrogens with one attached hydrogen (secondary N) is 1. The molecule has 0 aliphatic rings. The summed E-state index contributed by atoms with van der Waals surface area (Å²) < 4.78 is 103. The molecule has 2 rings (SSSR count). The van der Waals surface area contributed by atoms with Crippen molar-refractivity contribution in [2.45, 2.75) is 29.8 Å². The van der Waals surface area contributed by atoms with Crippen molar-refractivity contribution in [2.75, 3.05) is 4.72 Å². The van der Waals surface area contributed by atoms with Crippen LogP contribution < -0.4 is 4.72 Å². The number of aryl methyl sites for hydroxylation is 1. The van der Waals surface area contributed by atoms with Gasteiger partial charge in [0.05, 0.1) is 4.90 Å². The molecular weight excluding hydrogens is 400 g/mol. The van der Waals surface area contributed by atoms with E-state index in [1.807, 2.05) is 4.72 Å². The summed E-state index contributed by atoms with van der Waals surface area (Å²) in [6.07, 6.45) is -12.0. The van der Waals surface area contributed by atoms with Crippen LogP contribution in [0.2, 0.25) is 0 Å². The van der Waals surface area contributed by atoms with Crippen LogP contribution in [0.1, 0.15) is 11.1 Å². The minimum atomic E-state index is -6.02. The van der Waals surface area contributed by atoms with Gasteiger partial charge in [0.2, 0.25) is 0 Å². The van der Waals surface area contributed by atoms with Crippen LogP contribution in [0.15, 0.2) is 53.4 Å². The molecule has 0 atom stereocenters. The summed E-state index contributed by atoms with van der Waals surface area (Å²) in [5.41, 5.74) is -6.04. The van der Waals surface area contributed by atoms with Crippen molar-refractivity contribution in [3.63, 3.8) is 0 Å². The first-order chi connectivity index (χ1) is 12.2. The fourth-order valence-corrected chi connectivity index (χ4v) is 3.26. The van der Waals surface area contributed by atoms with Gasteiger partial charge in [-0.3, -0.25) is 4.72 Å². The van der Waals surface area contributed by atoms with Crippen LogP contribution in [-0.2, 0) is 15.6 Å². The predicted molar refractivity (Wildman–Crippen MR) is 84.4 cm³/mol. The number of sulfonamides is 1. The third-order valence-electron chi connectivity index (χ3n) is 3.71. The van der Waals surface area contributed by atoms with Gasteiger partial charge < -0.3 is 5.11 Å². The molecule has 4 nitrogen and oxygen atoms in total. The molecule has 0 radical (unpaired) electrons. The Morgan fingerprint density at radius 1 is 0.815 bits per heavy atom. The van der Waals surface area contributed by atoms with E-state index in [0.717, 1.165) is 5.56 Å². The van der Waals surface area contributed by atoms with Gasteiger partial charge in [-0.15, -0.1) is 0 Å². The summed E-state index contributed by atoms with van der Waals surface area (Å²) in [6, 6.07) is 7.72. The highest BCUT2D eigenvalue weighted by Crippen LogP contribution is 2.50. The number of halogens is 6. The second-order valence-corrected chi connectivity index (χ2v) is 7.38. The molecule has 27 heavy (non-hydrogen) atoms. The van der Waals surface area contributed by atoms with Gasteiger partial charge in [0, 0.05) is 11.3 Å². The highest BCUT2D eigenvalue weighted by atomic mass is 32.2. The molecule has 0 bridgehead atoms. The Kier molecular flexibility index (Phi) is 5.23. The molecule has 0 saturated heterocycles. The molecule has 0 spiro atoms. The molecule has 0 heterocycles.